The molecule has 2 N–H and O–H groups in total. The SMILES string of the molecule is COc1ccc(-c2nnc(C)o2)cc1NC(=O)c1ccc[nH]1. The van der Waals surface area contributed by atoms with E-state index in [-0.39, 0.29) is 5.91 Å². The normalized spacial score (nSPS) is 10.5. The van der Waals surface area contributed by atoms with Crippen LogP contribution in [0.2, 0.25) is 0 Å². The number of H-pyrrole nitrogens is 1. The molecule has 0 spiro atoms. The monoisotopic (exact) mass is 298 g/mol. The van der Waals surface area contributed by atoms with Gasteiger partial charge in [-0.25, -0.2) is 0 Å². The highest BCUT2D eigenvalue weighted by Gasteiger charge is 2.14. The van der Waals surface area contributed by atoms with Gasteiger partial charge in [0, 0.05) is 18.7 Å². The van der Waals surface area contributed by atoms with Crippen LogP contribution in [0.1, 0.15) is 16.4 Å². The van der Waals surface area contributed by atoms with Crippen molar-refractivity contribution in [3.63, 3.8) is 0 Å². The van der Waals surface area contributed by atoms with Crippen LogP contribution in [0.4, 0.5) is 5.69 Å². The number of benzene rings is 1. The van der Waals surface area contributed by atoms with E-state index in [9.17, 15) is 4.79 Å². The van der Waals surface area contributed by atoms with Gasteiger partial charge >= 0.3 is 0 Å². The topological polar surface area (TPSA) is 93.0 Å². The highest BCUT2D eigenvalue weighted by molar-refractivity contribution is 6.04. The number of nitrogens with zero attached hydrogens (tertiary/aromatic N) is 2. The van der Waals surface area contributed by atoms with E-state index in [4.69, 9.17) is 9.15 Å². The lowest BCUT2D eigenvalue weighted by Gasteiger charge is -2.10. The average molecular weight is 298 g/mol. The fourth-order valence-corrected chi connectivity index (χ4v) is 2.01. The molecule has 112 valence electrons. The summed E-state index contributed by atoms with van der Waals surface area (Å²) >= 11 is 0. The van der Waals surface area contributed by atoms with Gasteiger partial charge in [-0.2, -0.15) is 0 Å². The molecule has 0 saturated carbocycles. The molecule has 1 amide bonds. The molecule has 7 nitrogen and oxygen atoms in total. The molecule has 0 aliphatic rings. The first-order chi connectivity index (χ1) is 10.7. The zero-order valence-electron chi connectivity index (χ0n) is 12.1. The number of methoxy groups -OCH3 is 1. The number of carbonyl (C=O) groups excluding carboxylic acids is 1. The van der Waals surface area contributed by atoms with Gasteiger partial charge in [-0.05, 0) is 30.3 Å². The first kappa shape index (κ1) is 13.9. The van der Waals surface area contributed by atoms with Gasteiger partial charge in [0.2, 0.25) is 11.8 Å². The van der Waals surface area contributed by atoms with Gasteiger partial charge in [-0.3, -0.25) is 4.79 Å². The zero-order chi connectivity index (χ0) is 15.5. The minimum absolute atomic E-state index is 0.262. The number of amides is 1. The largest absolute Gasteiger partial charge is 0.495 e. The number of hydrogen-bond acceptors (Lipinski definition) is 5. The van der Waals surface area contributed by atoms with E-state index in [0.29, 0.717) is 34.5 Å². The van der Waals surface area contributed by atoms with E-state index in [1.54, 1.807) is 43.5 Å². The summed E-state index contributed by atoms with van der Waals surface area (Å²) in [5.41, 5.74) is 1.68. The maximum Gasteiger partial charge on any atom is 0.272 e. The summed E-state index contributed by atoms with van der Waals surface area (Å²) in [5, 5.41) is 10.6. The van der Waals surface area contributed by atoms with Gasteiger partial charge < -0.3 is 19.5 Å². The second-order valence-electron chi connectivity index (χ2n) is 4.58. The molecule has 0 atom stereocenters. The molecule has 1 aromatic carbocycles. The number of rotatable bonds is 4. The second-order valence-corrected chi connectivity index (χ2v) is 4.58. The van der Waals surface area contributed by atoms with Crippen molar-refractivity contribution in [2.75, 3.05) is 12.4 Å². The Bertz CT molecular complexity index is 793. The lowest BCUT2D eigenvalue weighted by molar-refractivity contribution is 0.102. The Morgan fingerprint density at radius 1 is 1.32 bits per heavy atom. The Labute approximate surface area is 126 Å². The Morgan fingerprint density at radius 3 is 2.82 bits per heavy atom. The van der Waals surface area contributed by atoms with Crippen LogP contribution in [0, 0.1) is 6.92 Å². The van der Waals surface area contributed by atoms with Crippen molar-refractivity contribution in [1.82, 2.24) is 15.2 Å². The van der Waals surface area contributed by atoms with Gasteiger partial charge in [-0.15, -0.1) is 10.2 Å². The van der Waals surface area contributed by atoms with Gasteiger partial charge in [0.1, 0.15) is 11.4 Å². The fourth-order valence-electron chi connectivity index (χ4n) is 2.01. The summed E-state index contributed by atoms with van der Waals surface area (Å²) in [4.78, 5) is 15.0. The van der Waals surface area contributed by atoms with E-state index in [0.717, 1.165) is 0 Å². The Morgan fingerprint density at radius 2 is 2.18 bits per heavy atom. The summed E-state index contributed by atoms with van der Waals surface area (Å²) < 4.78 is 10.7. The molecule has 0 saturated heterocycles. The minimum atomic E-state index is -0.262. The molecule has 0 radical (unpaired) electrons. The van der Waals surface area contributed by atoms with Crippen molar-refractivity contribution in [2.45, 2.75) is 6.92 Å². The third-order valence-electron chi connectivity index (χ3n) is 3.06. The number of nitrogens with one attached hydrogen (secondary N) is 2. The summed E-state index contributed by atoms with van der Waals surface area (Å²) in [6, 6.07) is 8.69. The van der Waals surface area contributed by atoms with Crippen LogP contribution < -0.4 is 10.1 Å². The smallest absolute Gasteiger partial charge is 0.272 e. The van der Waals surface area contributed by atoms with Crippen molar-refractivity contribution in [3.8, 4) is 17.2 Å². The van der Waals surface area contributed by atoms with Crippen LogP contribution in [0.25, 0.3) is 11.5 Å². The minimum Gasteiger partial charge on any atom is -0.495 e. The predicted molar refractivity (Wildman–Crippen MR) is 79.8 cm³/mol. The van der Waals surface area contributed by atoms with Crippen molar-refractivity contribution in [2.24, 2.45) is 0 Å². The van der Waals surface area contributed by atoms with E-state index >= 15 is 0 Å². The molecule has 2 heterocycles. The molecule has 0 aliphatic heterocycles. The van der Waals surface area contributed by atoms with Gasteiger partial charge in [0.05, 0.1) is 12.8 Å². The van der Waals surface area contributed by atoms with Gasteiger partial charge in [-0.1, -0.05) is 0 Å². The molecule has 7 heteroatoms. The highest BCUT2D eigenvalue weighted by atomic mass is 16.5. The van der Waals surface area contributed by atoms with Crippen LogP contribution in [0.5, 0.6) is 5.75 Å². The molecular weight excluding hydrogens is 284 g/mol. The summed E-state index contributed by atoms with van der Waals surface area (Å²) in [6.45, 7) is 1.72. The molecule has 0 unspecified atom stereocenters. The molecule has 3 aromatic rings. The van der Waals surface area contributed by atoms with Crippen molar-refractivity contribution < 1.29 is 13.9 Å². The zero-order valence-corrected chi connectivity index (χ0v) is 12.1. The van der Waals surface area contributed by atoms with Crippen LogP contribution in [0.15, 0.2) is 40.9 Å². The summed E-state index contributed by atoms with van der Waals surface area (Å²) in [6.07, 6.45) is 1.68. The molecule has 3 rings (SSSR count). The number of carbonyl (C=O) groups is 1. The van der Waals surface area contributed by atoms with E-state index in [2.05, 4.69) is 20.5 Å². The molecular formula is C15H14N4O3. The standard InChI is InChI=1S/C15H14N4O3/c1-9-18-19-15(22-9)10-5-6-13(21-2)12(8-10)17-14(20)11-4-3-7-16-11/h3-8,16H,1-2H3,(H,17,20). The number of anilines is 1. The first-order valence-electron chi connectivity index (χ1n) is 6.60. The molecule has 0 aliphatic carbocycles. The average Bonchev–Trinajstić information content (AvgIpc) is 3.18. The fraction of sp³-hybridized carbons (Fsp3) is 0.133. The Kier molecular flexibility index (Phi) is 3.61. The van der Waals surface area contributed by atoms with E-state index in [1.165, 1.54) is 7.11 Å². The third kappa shape index (κ3) is 2.69. The molecule has 2 aromatic heterocycles. The van der Waals surface area contributed by atoms with E-state index < -0.39 is 0 Å². The number of aromatic nitrogens is 3. The van der Waals surface area contributed by atoms with Crippen LogP contribution in [0.3, 0.4) is 0 Å². The number of aryl methyl sites for hydroxylation is 1. The summed E-state index contributed by atoms with van der Waals surface area (Å²) in [5.74, 6) is 1.14. The quantitative estimate of drug-likeness (QED) is 0.772. The number of aromatic amines is 1. The third-order valence-corrected chi connectivity index (χ3v) is 3.06. The Hall–Kier alpha value is -3.09. The lowest BCUT2D eigenvalue weighted by atomic mass is 10.2. The maximum atomic E-state index is 12.1. The highest BCUT2D eigenvalue weighted by Crippen LogP contribution is 2.30. The van der Waals surface area contributed by atoms with Crippen molar-refractivity contribution in [1.29, 1.82) is 0 Å². The van der Waals surface area contributed by atoms with Crippen LogP contribution in [-0.4, -0.2) is 28.2 Å². The van der Waals surface area contributed by atoms with Crippen molar-refractivity contribution in [3.05, 3.63) is 48.1 Å². The number of hydrogen-bond donors (Lipinski definition) is 2. The maximum absolute atomic E-state index is 12.1. The predicted octanol–water partition coefficient (Wildman–Crippen LogP) is 2.63. The summed E-state index contributed by atoms with van der Waals surface area (Å²) in [7, 11) is 1.54. The second kappa shape index (κ2) is 5.72. The molecule has 0 fully saturated rings. The van der Waals surface area contributed by atoms with Crippen LogP contribution in [-0.2, 0) is 0 Å². The van der Waals surface area contributed by atoms with Crippen molar-refractivity contribution >= 4 is 11.6 Å². The first-order valence-corrected chi connectivity index (χ1v) is 6.60. The lowest BCUT2D eigenvalue weighted by Crippen LogP contribution is -2.13. The molecule has 22 heavy (non-hydrogen) atoms. The van der Waals surface area contributed by atoms with Crippen LogP contribution >= 0.6 is 0 Å². The molecule has 0 bridgehead atoms. The Balaban J connectivity index is 1.93. The van der Waals surface area contributed by atoms with Gasteiger partial charge in [0.15, 0.2) is 0 Å². The number of ether oxygens (including phenoxy) is 1. The van der Waals surface area contributed by atoms with Gasteiger partial charge in [0.25, 0.3) is 5.91 Å². The van der Waals surface area contributed by atoms with E-state index in [1.807, 2.05) is 0 Å².